The summed E-state index contributed by atoms with van der Waals surface area (Å²) in [5.74, 6) is 0.230. The van der Waals surface area contributed by atoms with Crippen LogP contribution in [0.2, 0.25) is 0 Å². The van der Waals surface area contributed by atoms with Gasteiger partial charge < -0.3 is 10.1 Å². The Hall–Kier alpha value is -1.06. The van der Waals surface area contributed by atoms with Crippen LogP contribution in [-0.4, -0.2) is 24.0 Å². The molecule has 1 rings (SSSR count). The highest BCUT2D eigenvalue weighted by atomic mass is 16.6. The molecule has 104 valence electrons. The maximum atomic E-state index is 11.7. The highest BCUT2D eigenvalue weighted by Crippen LogP contribution is 2.43. The SMILES string of the molecule is CC1(CC(=O)CCNC(=O)OC(C)(C)C)CCC1. The van der Waals surface area contributed by atoms with E-state index in [2.05, 4.69) is 12.2 Å². The van der Waals surface area contributed by atoms with Crippen LogP contribution in [0.3, 0.4) is 0 Å². The second kappa shape index (κ2) is 5.72. The zero-order valence-corrected chi connectivity index (χ0v) is 12.0. The molecule has 4 nitrogen and oxygen atoms in total. The van der Waals surface area contributed by atoms with Gasteiger partial charge in [0.05, 0.1) is 0 Å². The minimum absolute atomic E-state index is 0.225. The zero-order chi connectivity index (χ0) is 13.8. The molecule has 4 heteroatoms. The number of ketones is 1. The lowest BCUT2D eigenvalue weighted by molar-refractivity contribution is -0.122. The summed E-state index contributed by atoms with van der Waals surface area (Å²) >= 11 is 0. The van der Waals surface area contributed by atoms with E-state index in [-0.39, 0.29) is 11.2 Å². The van der Waals surface area contributed by atoms with Crippen molar-refractivity contribution in [3.63, 3.8) is 0 Å². The van der Waals surface area contributed by atoms with Crippen LogP contribution in [0.25, 0.3) is 0 Å². The molecule has 0 aromatic carbocycles. The zero-order valence-electron chi connectivity index (χ0n) is 12.0. The summed E-state index contributed by atoms with van der Waals surface area (Å²) in [5, 5.41) is 2.61. The van der Waals surface area contributed by atoms with Gasteiger partial charge in [-0.25, -0.2) is 4.79 Å². The van der Waals surface area contributed by atoms with Crippen molar-refractivity contribution < 1.29 is 14.3 Å². The van der Waals surface area contributed by atoms with Crippen LogP contribution in [0.5, 0.6) is 0 Å². The fraction of sp³-hybridized carbons (Fsp3) is 0.857. The summed E-state index contributed by atoms with van der Waals surface area (Å²) in [5.41, 5.74) is -0.267. The molecule has 0 aliphatic heterocycles. The summed E-state index contributed by atoms with van der Waals surface area (Å²) in [6, 6.07) is 0. The largest absolute Gasteiger partial charge is 0.444 e. The van der Waals surface area contributed by atoms with Gasteiger partial charge in [0.25, 0.3) is 0 Å². The lowest BCUT2D eigenvalue weighted by Gasteiger charge is -2.37. The van der Waals surface area contributed by atoms with Gasteiger partial charge in [0, 0.05) is 19.4 Å². The summed E-state index contributed by atoms with van der Waals surface area (Å²) in [7, 11) is 0. The second-order valence-corrected chi connectivity index (χ2v) is 6.56. The topological polar surface area (TPSA) is 55.4 Å². The molecule has 0 aromatic heterocycles. The van der Waals surface area contributed by atoms with Crippen LogP contribution in [0.1, 0.15) is 59.8 Å². The molecule has 0 saturated heterocycles. The third kappa shape index (κ3) is 5.52. The van der Waals surface area contributed by atoms with E-state index in [4.69, 9.17) is 4.74 Å². The maximum absolute atomic E-state index is 11.7. The number of carbonyl (C=O) groups is 2. The van der Waals surface area contributed by atoms with Crippen LogP contribution in [-0.2, 0) is 9.53 Å². The van der Waals surface area contributed by atoms with Crippen molar-refractivity contribution in [3.05, 3.63) is 0 Å². The number of Topliss-reactive ketones (excluding diaryl/α,β-unsaturated/α-hetero) is 1. The molecule has 0 aromatic rings. The Bertz CT molecular complexity index is 313. The van der Waals surface area contributed by atoms with E-state index in [0.717, 1.165) is 12.8 Å². The number of ether oxygens (including phenoxy) is 1. The average Bonchev–Trinajstić information content (AvgIpc) is 2.12. The predicted octanol–water partition coefficient (Wildman–Crippen LogP) is 3.05. The number of hydrogen-bond acceptors (Lipinski definition) is 3. The number of alkyl carbamates (subject to hydrolysis) is 1. The van der Waals surface area contributed by atoms with Crippen LogP contribution < -0.4 is 5.32 Å². The first kappa shape index (κ1) is 15.0. The molecule has 0 radical (unpaired) electrons. The van der Waals surface area contributed by atoms with E-state index >= 15 is 0 Å². The van der Waals surface area contributed by atoms with E-state index in [0.29, 0.717) is 19.4 Å². The molecule has 0 bridgehead atoms. The average molecular weight is 255 g/mol. The molecule has 1 aliphatic rings. The third-order valence-corrected chi connectivity index (χ3v) is 3.26. The summed E-state index contributed by atoms with van der Waals surface area (Å²) < 4.78 is 5.09. The Morgan fingerprint density at radius 3 is 2.33 bits per heavy atom. The fourth-order valence-electron chi connectivity index (χ4n) is 2.14. The second-order valence-electron chi connectivity index (χ2n) is 6.56. The molecule has 0 unspecified atom stereocenters. The van der Waals surface area contributed by atoms with Crippen molar-refractivity contribution in [1.82, 2.24) is 5.32 Å². The Balaban J connectivity index is 2.13. The van der Waals surface area contributed by atoms with E-state index in [9.17, 15) is 9.59 Å². The molecule has 0 atom stereocenters. The molecule has 1 saturated carbocycles. The van der Waals surface area contributed by atoms with E-state index < -0.39 is 11.7 Å². The lowest BCUT2D eigenvalue weighted by Crippen LogP contribution is -2.34. The predicted molar refractivity (Wildman–Crippen MR) is 70.4 cm³/mol. The minimum Gasteiger partial charge on any atom is -0.444 e. The Kier molecular flexibility index (Phi) is 4.77. The summed E-state index contributed by atoms with van der Waals surface area (Å²) in [6.45, 7) is 7.97. The first-order chi connectivity index (χ1) is 8.20. The standard InChI is InChI=1S/C14H25NO3/c1-13(2,3)18-12(17)15-9-6-11(16)10-14(4)7-5-8-14/h5-10H2,1-4H3,(H,15,17). The summed E-state index contributed by atoms with van der Waals surface area (Å²) in [6.07, 6.45) is 4.12. The van der Waals surface area contributed by atoms with Gasteiger partial charge in [0.15, 0.2) is 0 Å². The molecule has 1 aliphatic carbocycles. The summed E-state index contributed by atoms with van der Waals surface area (Å²) in [4.78, 5) is 23.1. The maximum Gasteiger partial charge on any atom is 0.407 e. The van der Waals surface area contributed by atoms with Gasteiger partial charge in [-0.1, -0.05) is 13.3 Å². The van der Waals surface area contributed by atoms with Crippen molar-refractivity contribution in [2.75, 3.05) is 6.54 Å². The molecule has 0 heterocycles. The number of hydrogen-bond donors (Lipinski definition) is 1. The Morgan fingerprint density at radius 2 is 1.89 bits per heavy atom. The van der Waals surface area contributed by atoms with Crippen LogP contribution >= 0.6 is 0 Å². The molecule has 1 fully saturated rings. The van der Waals surface area contributed by atoms with Gasteiger partial charge in [-0.05, 0) is 39.0 Å². The quantitative estimate of drug-likeness (QED) is 0.821. The Labute approximate surface area is 109 Å². The lowest BCUT2D eigenvalue weighted by atomic mass is 9.67. The van der Waals surface area contributed by atoms with Crippen molar-refractivity contribution >= 4 is 11.9 Å². The number of rotatable bonds is 5. The normalized spacial score (nSPS) is 17.8. The molecule has 1 N–H and O–H groups in total. The van der Waals surface area contributed by atoms with Gasteiger partial charge in [0.1, 0.15) is 11.4 Å². The smallest absolute Gasteiger partial charge is 0.407 e. The molecular formula is C14H25NO3. The molecule has 1 amide bonds. The van der Waals surface area contributed by atoms with Gasteiger partial charge in [-0.2, -0.15) is 0 Å². The van der Waals surface area contributed by atoms with Crippen molar-refractivity contribution in [1.29, 1.82) is 0 Å². The van der Waals surface area contributed by atoms with Crippen LogP contribution in [0.4, 0.5) is 4.79 Å². The third-order valence-electron chi connectivity index (χ3n) is 3.26. The highest BCUT2D eigenvalue weighted by molar-refractivity contribution is 5.80. The van der Waals surface area contributed by atoms with E-state index in [1.807, 2.05) is 20.8 Å². The van der Waals surface area contributed by atoms with Gasteiger partial charge in [0.2, 0.25) is 0 Å². The molecule has 18 heavy (non-hydrogen) atoms. The highest BCUT2D eigenvalue weighted by Gasteiger charge is 2.33. The first-order valence-corrected chi connectivity index (χ1v) is 6.69. The monoisotopic (exact) mass is 255 g/mol. The fourth-order valence-corrected chi connectivity index (χ4v) is 2.14. The van der Waals surface area contributed by atoms with Gasteiger partial charge in [-0.3, -0.25) is 4.79 Å². The first-order valence-electron chi connectivity index (χ1n) is 6.69. The van der Waals surface area contributed by atoms with Crippen molar-refractivity contribution in [2.24, 2.45) is 5.41 Å². The minimum atomic E-state index is -0.493. The van der Waals surface area contributed by atoms with Crippen molar-refractivity contribution in [2.45, 2.75) is 65.4 Å². The van der Waals surface area contributed by atoms with E-state index in [1.54, 1.807) is 0 Å². The molecular weight excluding hydrogens is 230 g/mol. The Morgan fingerprint density at radius 1 is 1.28 bits per heavy atom. The van der Waals surface area contributed by atoms with Crippen molar-refractivity contribution in [3.8, 4) is 0 Å². The van der Waals surface area contributed by atoms with Gasteiger partial charge in [-0.15, -0.1) is 0 Å². The van der Waals surface area contributed by atoms with Crippen LogP contribution in [0.15, 0.2) is 0 Å². The molecule has 0 spiro atoms. The van der Waals surface area contributed by atoms with Crippen LogP contribution in [0, 0.1) is 5.41 Å². The van der Waals surface area contributed by atoms with Gasteiger partial charge >= 0.3 is 6.09 Å². The number of nitrogens with one attached hydrogen (secondary N) is 1. The number of amides is 1. The number of carbonyl (C=O) groups excluding carboxylic acids is 2. The van der Waals surface area contributed by atoms with E-state index in [1.165, 1.54) is 6.42 Å².